The first-order chi connectivity index (χ1) is 4.36. The molecule has 0 bridgehead atoms. The van der Waals surface area contributed by atoms with E-state index in [0.717, 1.165) is 6.54 Å². The second-order valence-electron chi connectivity index (χ2n) is 2.56. The van der Waals surface area contributed by atoms with Gasteiger partial charge in [-0.15, -0.1) is 0 Å². The molecule has 1 atom stereocenters. The minimum Gasteiger partial charge on any atom is -0.349 e. The third kappa shape index (κ3) is 0.834. The predicted molar refractivity (Wildman–Crippen MR) is 40.9 cm³/mol. The van der Waals surface area contributed by atoms with Gasteiger partial charge in [0.05, 0.1) is 6.04 Å². The largest absolute Gasteiger partial charge is 0.349 e. The average Bonchev–Trinajstić information content (AvgIpc) is 2.22. The fraction of sp³-hybridized carbons (Fsp3) is 0.833. The number of rotatable bonds is 0. The van der Waals surface area contributed by atoms with Crippen molar-refractivity contribution in [3.63, 3.8) is 0 Å². The summed E-state index contributed by atoms with van der Waals surface area (Å²) >= 11 is 1.89. The normalized spacial score (nSPS) is 32.8. The molecule has 3 heteroatoms. The van der Waals surface area contributed by atoms with Gasteiger partial charge in [-0.1, -0.05) is 11.8 Å². The van der Waals surface area contributed by atoms with Crippen LogP contribution in [0.3, 0.4) is 0 Å². The van der Waals surface area contributed by atoms with Gasteiger partial charge in [0.2, 0.25) is 0 Å². The van der Waals surface area contributed by atoms with E-state index in [0.29, 0.717) is 6.04 Å². The standard InChI is InChI=1S/C6H10N2S/c1-5-4-8-2-3-9-6(8)7-5/h5H,2-4H2,1H3/t5-/m0/s1. The van der Waals surface area contributed by atoms with Gasteiger partial charge in [0, 0.05) is 18.8 Å². The molecular formula is C6H10N2S. The van der Waals surface area contributed by atoms with Crippen molar-refractivity contribution < 1.29 is 0 Å². The van der Waals surface area contributed by atoms with Crippen LogP contribution in [-0.4, -0.2) is 35.0 Å². The summed E-state index contributed by atoms with van der Waals surface area (Å²) in [6, 6.07) is 0.549. The molecule has 0 N–H and O–H groups in total. The third-order valence-electron chi connectivity index (χ3n) is 1.68. The van der Waals surface area contributed by atoms with Crippen LogP contribution in [-0.2, 0) is 0 Å². The molecule has 0 spiro atoms. The molecule has 9 heavy (non-hydrogen) atoms. The Morgan fingerprint density at radius 3 is 3.44 bits per heavy atom. The van der Waals surface area contributed by atoms with Crippen LogP contribution in [0.15, 0.2) is 4.99 Å². The number of hydrogen-bond acceptors (Lipinski definition) is 3. The number of hydrogen-bond donors (Lipinski definition) is 0. The minimum absolute atomic E-state index is 0.549. The molecule has 0 aliphatic carbocycles. The maximum atomic E-state index is 4.46. The summed E-state index contributed by atoms with van der Waals surface area (Å²) in [5, 5.41) is 1.28. The highest BCUT2D eigenvalue weighted by Crippen LogP contribution is 2.23. The van der Waals surface area contributed by atoms with E-state index in [1.807, 2.05) is 11.8 Å². The molecule has 0 aromatic rings. The molecule has 0 aromatic carbocycles. The molecule has 1 saturated heterocycles. The highest BCUT2D eigenvalue weighted by molar-refractivity contribution is 8.14. The summed E-state index contributed by atoms with van der Waals surface area (Å²) in [7, 11) is 0. The Bertz CT molecular complexity index is 155. The highest BCUT2D eigenvalue weighted by atomic mass is 32.2. The van der Waals surface area contributed by atoms with Gasteiger partial charge < -0.3 is 4.90 Å². The van der Waals surface area contributed by atoms with Crippen molar-refractivity contribution in [3.05, 3.63) is 0 Å². The van der Waals surface area contributed by atoms with Crippen LogP contribution in [0.1, 0.15) is 6.92 Å². The van der Waals surface area contributed by atoms with E-state index in [9.17, 15) is 0 Å². The molecular weight excluding hydrogens is 132 g/mol. The van der Waals surface area contributed by atoms with E-state index >= 15 is 0 Å². The molecule has 2 rings (SSSR count). The second-order valence-corrected chi connectivity index (χ2v) is 3.62. The lowest BCUT2D eigenvalue weighted by Crippen LogP contribution is -2.22. The van der Waals surface area contributed by atoms with E-state index < -0.39 is 0 Å². The molecule has 0 aromatic heterocycles. The molecule has 2 aliphatic heterocycles. The van der Waals surface area contributed by atoms with Gasteiger partial charge in [-0.25, -0.2) is 0 Å². The number of fused-ring (bicyclic) bond motifs is 1. The van der Waals surface area contributed by atoms with Crippen molar-refractivity contribution in [2.24, 2.45) is 4.99 Å². The van der Waals surface area contributed by atoms with Crippen molar-refractivity contribution in [3.8, 4) is 0 Å². The summed E-state index contributed by atoms with van der Waals surface area (Å²) in [4.78, 5) is 6.83. The lowest BCUT2D eigenvalue weighted by atomic mass is 10.4. The van der Waals surface area contributed by atoms with Crippen LogP contribution in [0.25, 0.3) is 0 Å². The Labute approximate surface area is 59.3 Å². The smallest absolute Gasteiger partial charge is 0.159 e. The van der Waals surface area contributed by atoms with E-state index in [2.05, 4.69) is 16.8 Å². The van der Waals surface area contributed by atoms with Crippen LogP contribution in [0.4, 0.5) is 0 Å². The van der Waals surface area contributed by atoms with Crippen molar-refractivity contribution in [1.29, 1.82) is 0 Å². The Kier molecular flexibility index (Phi) is 1.18. The molecule has 0 radical (unpaired) electrons. The third-order valence-corrected chi connectivity index (χ3v) is 2.69. The minimum atomic E-state index is 0.549. The van der Waals surface area contributed by atoms with Crippen LogP contribution >= 0.6 is 11.8 Å². The first-order valence-corrected chi connectivity index (χ1v) is 4.30. The lowest BCUT2D eigenvalue weighted by Gasteiger charge is -2.08. The fourth-order valence-corrected chi connectivity index (χ4v) is 2.37. The molecule has 2 aliphatic rings. The summed E-state index contributed by atoms with van der Waals surface area (Å²) in [6.45, 7) is 4.54. The summed E-state index contributed by atoms with van der Waals surface area (Å²) in [6.07, 6.45) is 0. The van der Waals surface area contributed by atoms with Gasteiger partial charge in [0.25, 0.3) is 0 Å². The Hall–Kier alpha value is -0.180. The van der Waals surface area contributed by atoms with Crippen molar-refractivity contribution in [2.45, 2.75) is 13.0 Å². The Balaban J connectivity index is 2.18. The van der Waals surface area contributed by atoms with Crippen molar-refractivity contribution in [2.75, 3.05) is 18.8 Å². The molecule has 50 valence electrons. The first-order valence-electron chi connectivity index (χ1n) is 3.32. The summed E-state index contributed by atoms with van der Waals surface area (Å²) in [5.41, 5.74) is 0. The quantitative estimate of drug-likeness (QED) is 0.497. The second kappa shape index (κ2) is 1.90. The zero-order valence-electron chi connectivity index (χ0n) is 5.50. The average molecular weight is 142 g/mol. The van der Waals surface area contributed by atoms with Crippen molar-refractivity contribution >= 4 is 16.9 Å². The Morgan fingerprint density at radius 2 is 2.67 bits per heavy atom. The maximum absolute atomic E-state index is 4.46. The van der Waals surface area contributed by atoms with Crippen LogP contribution in [0.5, 0.6) is 0 Å². The van der Waals surface area contributed by atoms with E-state index in [-0.39, 0.29) is 0 Å². The topological polar surface area (TPSA) is 15.6 Å². The van der Waals surface area contributed by atoms with Gasteiger partial charge in [0.15, 0.2) is 5.17 Å². The van der Waals surface area contributed by atoms with Gasteiger partial charge >= 0.3 is 0 Å². The highest BCUT2D eigenvalue weighted by Gasteiger charge is 2.26. The van der Waals surface area contributed by atoms with Crippen LogP contribution in [0.2, 0.25) is 0 Å². The number of amidine groups is 1. The SMILES string of the molecule is C[C@H]1CN2CCSC2=N1. The zero-order valence-corrected chi connectivity index (χ0v) is 6.32. The molecule has 2 heterocycles. The predicted octanol–water partition coefficient (Wildman–Crippen LogP) is 0.793. The lowest BCUT2D eigenvalue weighted by molar-refractivity contribution is 0.469. The van der Waals surface area contributed by atoms with Crippen LogP contribution < -0.4 is 0 Å². The summed E-state index contributed by atoms with van der Waals surface area (Å²) in [5.74, 6) is 1.24. The van der Waals surface area contributed by atoms with Gasteiger partial charge in [-0.2, -0.15) is 0 Å². The first kappa shape index (κ1) is 5.59. The van der Waals surface area contributed by atoms with Crippen molar-refractivity contribution in [1.82, 2.24) is 4.90 Å². The van der Waals surface area contributed by atoms with Crippen LogP contribution in [0, 0.1) is 0 Å². The Morgan fingerprint density at radius 1 is 1.78 bits per heavy atom. The van der Waals surface area contributed by atoms with E-state index in [1.54, 1.807) is 0 Å². The van der Waals surface area contributed by atoms with E-state index in [1.165, 1.54) is 17.5 Å². The molecule has 0 saturated carbocycles. The van der Waals surface area contributed by atoms with Gasteiger partial charge in [-0.05, 0) is 6.92 Å². The zero-order chi connectivity index (χ0) is 6.27. The summed E-state index contributed by atoms with van der Waals surface area (Å²) < 4.78 is 0. The number of aliphatic imine (C=N–C) groups is 1. The molecule has 1 fully saturated rings. The molecule has 0 amide bonds. The monoisotopic (exact) mass is 142 g/mol. The number of nitrogens with zero attached hydrogens (tertiary/aromatic N) is 2. The molecule has 0 unspecified atom stereocenters. The van der Waals surface area contributed by atoms with Gasteiger partial charge in [-0.3, -0.25) is 4.99 Å². The maximum Gasteiger partial charge on any atom is 0.159 e. The molecule has 2 nitrogen and oxygen atoms in total. The number of thioether (sulfide) groups is 1. The van der Waals surface area contributed by atoms with Gasteiger partial charge in [0.1, 0.15) is 0 Å². The van der Waals surface area contributed by atoms with E-state index in [4.69, 9.17) is 0 Å². The fourth-order valence-electron chi connectivity index (χ4n) is 1.27.